The summed E-state index contributed by atoms with van der Waals surface area (Å²) in [7, 11) is 0. The van der Waals surface area contributed by atoms with E-state index >= 15 is 0 Å². The molecule has 2 aromatic rings. The molecule has 0 bridgehead atoms. The van der Waals surface area contributed by atoms with Gasteiger partial charge >= 0.3 is 0 Å². The van der Waals surface area contributed by atoms with Crippen molar-refractivity contribution < 1.29 is 4.74 Å². The molecule has 1 saturated heterocycles. The molecule has 1 aromatic carbocycles. The fourth-order valence-electron chi connectivity index (χ4n) is 2.46. The third kappa shape index (κ3) is 3.66. The molecule has 0 radical (unpaired) electrons. The van der Waals surface area contributed by atoms with Gasteiger partial charge in [0.25, 0.3) is 0 Å². The number of nitrogens with one attached hydrogen (secondary N) is 1. The summed E-state index contributed by atoms with van der Waals surface area (Å²) < 4.78 is 5.34. The summed E-state index contributed by atoms with van der Waals surface area (Å²) in [5, 5.41) is 7.25. The highest BCUT2D eigenvalue weighted by Gasteiger charge is 2.15. The van der Waals surface area contributed by atoms with Gasteiger partial charge in [-0.2, -0.15) is 5.10 Å². The smallest absolute Gasteiger partial charge is 0.171 e. The van der Waals surface area contributed by atoms with E-state index in [9.17, 15) is 0 Å². The van der Waals surface area contributed by atoms with Crippen LogP contribution in [0.25, 0.3) is 0 Å². The van der Waals surface area contributed by atoms with Crippen LogP contribution in [0.5, 0.6) is 0 Å². The molecule has 3 N–H and O–H groups in total. The number of nitrogens with zero attached hydrogens (tertiary/aromatic N) is 3. The van der Waals surface area contributed by atoms with E-state index in [1.54, 1.807) is 0 Å². The monoisotopic (exact) mass is 287 g/mol. The highest BCUT2D eigenvalue weighted by molar-refractivity contribution is 5.23. The molecule has 1 unspecified atom stereocenters. The van der Waals surface area contributed by atoms with Crippen LogP contribution < -0.4 is 5.73 Å². The fourth-order valence-corrected chi connectivity index (χ4v) is 2.46. The van der Waals surface area contributed by atoms with Gasteiger partial charge < -0.3 is 10.5 Å². The second-order valence-corrected chi connectivity index (χ2v) is 5.23. The third-order valence-electron chi connectivity index (χ3n) is 3.75. The van der Waals surface area contributed by atoms with Crippen LogP contribution in [0.2, 0.25) is 0 Å². The van der Waals surface area contributed by atoms with Gasteiger partial charge in [-0.15, -0.1) is 0 Å². The SMILES string of the molecule is NC(c1ccccc1)c1n[nH]c(CCN2CCOCC2)n1. The number of hydrogen-bond acceptors (Lipinski definition) is 5. The number of benzene rings is 1. The van der Waals surface area contributed by atoms with Gasteiger partial charge in [0.2, 0.25) is 0 Å². The van der Waals surface area contributed by atoms with Crippen LogP contribution in [-0.4, -0.2) is 52.9 Å². The summed E-state index contributed by atoms with van der Waals surface area (Å²) in [6.45, 7) is 4.59. The van der Waals surface area contributed by atoms with Gasteiger partial charge in [0, 0.05) is 26.1 Å². The van der Waals surface area contributed by atoms with Crippen molar-refractivity contribution in [1.82, 2.24) is 20.1 Å². The Morgan fingerprint density at radius 1 is 1.24 bits per heavy atom. The van der Waals surface area contributed by atoms with Crippen molar-refractivity contribution in [2.24, 2.45) is 5.73 Å². The Kier molecular flexibility index (Phi) is 4.59. The number of rotatable bonds is 5. The highest BCUT2D eigenvalue weighted by atomic mass is 16.5. The van der Waals surface area contributed by atoms with Crippen molar-refractivity contribution in [2.75, 3.05) is 32.8 Å². The Labute approximate surface area is 124 Å². The lowest BCUT2D eigenvalue weighted by molar-refractivity contribution is 0.0382. The standard InChI is InChI=1S/C15H21N5O/c16-14(12-4-2-1-3-5-12)15-17-13(18-19-15)6-7-20-8-10-21-11-9-20/h1-5,14H,6-11,16H2,(H,17,18,19). The zero-order valence-electron chi connectivity index (χ0n) is 12.0. The molecule has 1 aliphatic rings. The van der Waals surface area contributed by atoms with E-state index in [0.717, 1.165) is 50.7 Å². The van der Waals surface area contributed by atoms with Crippen molar-refractivity contribution in [3.8, 4) is 0 Å². The van der Waals surface area contributed by atoms with Crippen LogP contribution in [0.3, 0.4) is 0 Å². The van der Waals surface area contributed by atoms with Gasteiger partial charge in [-0.25, -0.2) is 4.98 Å². The summed E-state index contributed by atoms with van der Waals surface area (Å²) >= 11 is 0. The second-order valence-electron chi connectivity index (χ2n) is 5.23. The number of ether oxygens (including phenoxy) is 1. The molecule has 1 atom stereocenters. The van der Waals surface area contributed by atoms with E-state index in [-0.39, 0.29) is 6.04 Å². The van der Waals surface area contributed by atoms with Crippen LogP contribution in [0.15, 0.2) is 30.3 Å². The number of aromatic amines is 1. The molecule has 0 spiro atoms. The lowest BCUT2D eigenvalue weighted by Crippen LogP contribution is -2.37. The molecule has 112 valence electrons. The quantitative estimate of drug-likeness (QED) is 0.847. The molecule has 0 amide bonds. The molecule has 6 nitrogen and oxygen atoms in total. The van der Waals surface area contributed by atoms with Crippen molar-refractivity contribution >= 4 is 0 Å². The van der Waals surface area contributed by atoms with Crippen molar-refractivity contribution in [1.29, 1.82) is 0 Å². The minimum absolute atomic E-state index is 0.278. The van der Waals surface area contributed by atoms with Gasteiger partial charge in [-0.05, 0) is 5.56 Å². The van der Waals surface area contributed by atoms with Gasteiger partial charge in [-0.3, -0.25) is 10.00 Å². The molecule has 1 fully saturated rings. The molecular weight excluding hydrogens is 266 g/mol. The summed E-state index contributed by atoms with van der Waals surface area (Å²) in [6.07, 6.45) is 0.856. The minimum Gasteiger partial charge on any atom is -0.379 e. The average molecular weight is 287 g/mol. The first-order valence-corrected chi connectivity index (χ1v) is 7.35. The summed E-state index contributed by atoms with van der Waals surface area (Å²) in [6, 6.07) is 9.63. The third-order valence-corrected chi connectivity index (χ3v) is 3.75. The molecule has 0 saturated carbocycles. The Morgan fingerprint density at radius 3 is 2.76 bits per heavy atom. The van der Waals surface area contributed by atoms with E-state index < -0.39 is 0 Å². The van der Waals surface area contributed by atoms with Crippen molar-refractivity contribution in [3.05, 3.63) is 47.5 Å². The summed E-state index contributed by atoms with van der Waals surface area (Å²) in [4.78, 5) is 6.90. The molecule has 0 aliphatic carbocycles. The first kappa shape index (κ1) is 14.2. The van der Waals surface area contributed by atoms with E-state index in [1.165, 1.54) is 0 Å². The molecule has 6 heteroatoms. The Morgan fingerprint density at radius 2 is 2.00 bits per heavy atom. The van der Waals surface area contributed by atoms with Gasteiger partial charge in [0.15, 0.2) is 5.82 Å². The number of aromatic nitrogens is 3. The van der Waals surface area contributed by atoms with Crippen LogP contribution in [0, 0.1) is 0 Å². The zero-order chi connectivity index (χ0) is 14.5. The predicted octanol–water partition coefficient (Wildman–Crippen LogP) is 0.728. The van der Waals surface area contributed by atoms with Crippen molar-refractivity contribution in [3.63, 3.8) is 0 Å². The predicted molar refractivity (Wildman–Crippen MR) is 79.8 cm³/mol. The lowest BCUT2D eigenvalue weighted by Gasteiger charge is -2.25. The van der Waals surface area contributed by atoms with Crippen LogP contribution in [0.4, 0.5) is 0 Å². The topological polar surface area (TPSA) is 80.1 Å². The maximum absolute atomic E-state index is 6.20. The lowest BCUT2D eigenvalue weighted by atomic mass is 10.1. The Hall–Kier alpha value is -1.76. The van der Waals surface area contributed by atoms with Crippen LogP contribution in [-0.2, 0) is 11.2 Å². The summed E-state index contributed by atoms with van der Waals surface area (Å²) in [5.74, 6) is 1.54. The Balaban J connectivity index is 1.58. The Bertz CT molecular complexity index is 550. The van der Waals surface area contributed by atoms with E-state index in [2.05, 4.69) is 20.1 Å². The number of nitrogens with two attached hydrogens (primary N) is 1. The zero-order valence-corrected chi connectivity index (χ0v) is 12.0. The average Bonchev–Trinajstić information content (AvgIpc) is 3.03. The maximum atomic E-state index is 6.20. The van der Waals surface area contributed by atoms with Gasteiger partial charge in [-0.1, -0.05) is 30.3 Å². The molecular formula is C15H21N5O. The normalized spacial score (nSPS) is 17.8. The van der Waals surface area contributed by atoms with E-state index in [1.807, 2.05) is 30.3 Å². The van der Waals surface area contributed by atoms with Crippen LogP contribution in [0.1, 0.15) is 23.3 Å². The minimum atomic E-state index is -0.278. The molecule has 3 rings (SSSR count). The first-order chi connectivity index (χ1) is 10.3. The molecule has 2 heterocycles. The molecule has 1 aliphatic heterocycles. The number of H-pyrrole nitrogens is 1. The fraction of sp³-hybridized carbons (Fsp3) is 0.467. The van der Waals surface area contributed by atoms with E-state index in [4.69, 9.17) is 10.5 Å². The number of hydrogen-bond donors (Lipinski definition) is 2. The van der Waals surface area contributed by atoms with Gasteiger partial charge in [0.05, 0.1) is 19.3 Å². The molecule has 21 heavy (non-hydrogen) atoms. The summed E-state index contributed by atoms with van der Waals surface area (Å²) in [5.41, 5.74) is 7.22. The van der Waals surface area contributed by atoms with Gasteiger partial charge in [0.1, 0.15) is 5.82 Å². The van der Waals surface area contributed by atoms with Crippen LogP contribution >= 0.6 is 0 Å². The van der Waals surface area contributed by atoms with Crippen molar-refractivity contribution in [2.45, 2.75) is 12.5 Å². The molecule has 1 aromatic heterocycles. The second kappa shape index (κ2) is 6.80. The highest BCUT2D eigenvalue weighted by Crippen LogP contribution is 2.15. The maximum Gasteiger partial charge on any atom is 0.171 e. The number of morpholine rings is 1. The largest absolute Gasteiger partial charge is 0.379 e. The first-order valence-electron chi connectivity index (χ1n) is 7.35. The van der Waals surface area contributed by atoms with E-state index in [0.29, 0.717) is 5.82 Å².